The zero-order valence-corrected chi connectivity index (χ0v) is 17.2. The van der Waals surface area contributed by atoms with Crippen molar-refractivity contribution in [3.8, 4) is 0 Å². The van der Waals surface area contributed by atoms with E-state index in [4.69, 9.17) is 4.99 Å². The molecule has 3 aliphatic rings. The van der Waals surface area contributed by atoms with E-state index in [0.29, 0.717) is 5.92 Å². The summed E-state index contributed by atoms with van der Waals surface area (Å²) < 4.78 is 2.10. The lowest BCUT2D eigenvalue weighted by atomic mass is 10.1. The second-order valence-corrected chi connectivity index (χ2v) is 8.62. The highest BCUT2D eigenvalue weighted by Crippen LogP contribution is 2.39. The number of fused-ring (bicyclic) bond motifs is 1. The van der Waals surface area contributed by atoms with Crippen molar-refractivity contribution in [3.63, 3.8) is 0 Å². The van der Waals surface area contributed by atoms with E-state index in [1.807, 2.05) is 12.4 Å². The van der Waals surface area contributed by atoms with Crippen LogP contribution in [-0.4, -0.2) is 45.2 Å². The van der Waals surface area contributed by atoms with E-state index in [1.54, 1.807) is 0 Å². The molecule has 1 saturated heterocycles. The Morgan fingerprint density at radius 1 is 0.933 bits per heavy atom. The summed E-state index contributed by atoms with van der Waals surface area (Å²) in [5.41, 5.74) is 3.74. The average Bonchev–Trinajstić information content (AvgIpc) is 3.35. The van der Waals surface area contributed by atoms with Gasteiger partial charge in [0.25, 0.3) is 0 Å². The normalized spacial score (nSPS) is 20.6. The van der Waals surface area contributed by atoms with Gasteiger partial charge in [0.15, 0.2) is 5.82 Å². The topological polar surface area (TPSA) is 65.3 Å². The van der Waals surface area contributed by atoms with Crippen LogP contribution in [0.5, 0.6) is 0 Å². The molecule has 0 atom stereocenters. The van der Waals surface area contributed by atoms with Gasteiger partial charge in [-0.2, -0.15) is 5.10 Å². The lowest BCUT2D eigenvalue weighted by Gasteiger charge is -2.32. The van der Waals surface area contributed by atoms with Gasteiger partial charge in [0, 0.05) is 54.5 Å². The maximum Gasteiger partial charge on any atom is 0.175 e. The molecule has 3 aromatic rings. The third-order valence-corrected chi connectivity index (χ3v) is 6.44. The predicted molar refractivity (Wildman–Crippen MR) is 119 cm³/mol. The van der Waals surface area contributed by atoms with Crippen molar-refractivity contribution in [1.29, 1.82) is 0 Å². The van der Waals surface area contributed by atoms with E-state index in [1.165, 1.54) is 62.3 Å². The van der Waals surface area contributed by atoms with E-state index in [-0.39, 0.29) is 0 Å². The molecule has 4 heterocycles. The van der Waals surface area contributed by atoms with Crippen molar-refractivity contribution < 1.29 is 0 Å². The zero-order valence-electron chi connectivity index (χ0n) is 17.2. The van der Waals surface area contributed by atoms with Crippen LogP contribution in [0.1, 0.15) is 49.5 Å². The maximum atomic E-state index is 4.88. The van der Waals surface area contributed by atoms with Crippen molar-refractivity contribution in [2.24, 2.45) is 4.99 Å². The summed E-state index contributed by atoms with van der Waals surface area (Å²) in [6.45, 7) is 3.86. The Balaban J connectivity index is 1.26. The summed E-state index contributed by atoms with van der Waals surface area (Å²) in [4.78, 5) is 14.3. The molecule has 2 aliphatic heterocycles. The molecule has 6 rings (SSSR count). The van der Waals surface area contributed by atoms with E-state index in [9.17, 15) is 0 Å². The minimum atomic E-state index is 0.650. The number of aromatic nitrogens is 4. The molecular formula is C23H27N7. The van der Waals surface area contributed by atoms with Gasteiger partial charge in [0.1, 0.15) is 11.7 Å². The van der Waals surface area contributed by atoms with E-state index >= 15 is 0 Å². The van der Waals surface area contributed by atoms with Crippen molar-refractivity contribution in [2.45, 2.75) is 44.6 Å². The first kappa shape index (κ1) is 17.7. The minimum absolute atomic E-state index is 0.650. The fourth-order valence-corrected chi connectivity index (χ4v) is 4.58. The Hall–Kier alpha value is -3.09. The molecular weight excluding hydrogens is 374 g/mol. The number of rotatable bonds is 4. The quantitative estimate of drug-likeness (QED) is 0.716. The number of hydrogen-bond acceptors (Lipinski definition) is 5. The molecule has 1 N–H and O–H groups in total. The second-order valence-electron chi connectivity index (χ2n) is 8.62. The molecule has 2 fully saturated rings. The number of aliphatic imine (C=N–C) groups is 1. The summed E-state index contributed by atoms with van der Waals surface area (Å²) in [6.07, 6.45) is 10.3. The van der Waals surface area contributed by atoms with Crippen LogP contribution in [0, 0.1) is 0 Å². The Bertz CT molecular complexity index is 1050. The van der Waals surface area contributed by atoms with Crippen molar-refractivity contribution in [1.82, 2.24) is 19.7 Å². The minimum Gasteiger partial charge on any atom is -0.372 e. The number of nitrogens with one attached hydrogen (secondary N) is 1. The summed E-state index contributed by atoms with van der Waals surface area (Å²) in [6, 6.07) is 11.1. The van der Waals surface area contributed by atoms with Gasteiger partial charge < -0.3 is 9.80 Å². The highest BCUT2D eigenvalue weighted by molar-refractivity contribution is 5.92. The number of imidazole rings is 1. The monoisotopic (exact) mass is 401 g/mol. The third kappa shape index (κ3) is 3.38. The second kappa shape index (κ2) is 7.31. The Kier molecular flexibility index (Phi) is 4.32. The van der Waals surface area contributed by atoms with Crippen LogP contribution in [0.4, 0.5) is 17.2 Å². The van der Waals surface area contributed by atoms with Crippen LogP contribution in [0.25, 0.3) is 0 Å². The first-order valence-electron chi connectivity index (χ1n) is 11.1. The number of piperidine rings is 1. The standard InChI is InChI=1S/C23H27N7/c1-2-11-28(12-3-1)18-6-8-19(9-7-18)29-15-22-24-10-13-30(22)23(16-29)25-21-14-20(26-27-21)17-4-5-17/h6-10,13-14,17H,1-5,11-12,15-16H2,(H,26,27). The van der Waals surface area contributed by atoms with Gasteiger partial charge in [-0.05, 0) is 56.4 Å². The van der Waals surface area contributed by atoms with Gasteiger partial charge in [0.2, 0.25) is 0 Å². The Morgan fingerprint density at radius 2 is 1.70 bits per heavy atom. The van der Waals surface area contributed by atoms with Crippen molar-refractivity contribution in [3.05, 3.63) is 54.2 Å². The molecule has 1 saturated carbocycles. The van der Waals surface area contributed by atoms with Crippen molar-refractivity contribution >= 4 is 23.0 Å². The molecule has 1 aromatic carbocycles. The largest absolute Gasteiger partial charge is 0.372 e. The molecule has 7 heteroatoms. The summed E-state index contributed by atoms with van der Waals surface area (Å²) in [5, 5.41) is 7.57. The molecule has 1 aliphatic carbocycles. The molecule has 7 nitrogen and oxygen atoms in total. The number of benzene rings is 1. The van der Waals surface area contributed by atoms with Gasteiger partial charge in [0.05, 0.1) is 13.1 Å². The van der Waals surface area contributed by atoms with Gasteiger partial charge in [-0.1, -0.05) is 0 Å². The SMILES string of the molecule is c1cn2c(n1)CN(c1ccc(N3CCCCC3)cc1)CC2=Nc1cc(C2CC2)[nH]n1. The smallest absolute Gasteiger partial charge is 0.175 e. The molecule has 30 heavy (non-hydrogen) atoms. The lowest BCUT2D eigenvalue weighted by Crippen LogP contribution is -2.39. The van der Waals surface area contributed by atoms with E-state index < -0.39 is 0 Å². The Labute approximate surface area is 176 Å². The van der Waals surface area contributed by atoms with Crippen LogP contribution in [0.3, 0.4) is 0 Å². The van der Waals surface area contributed by atoms with Gasteiger partial charge in [-0.25, -0.2) is 9.98 Å². The van der Waals surface area contributed by atoms with Gasteiger partial charge in [-0.15, -0.1) is 0 Å². The lowest BCUT2D eigenvalue weighted by molar-refractivity contribution is 0.578. The summed E-state index contributed by atoms with van der Waals surface area (Å²) in [7, 11) is 0. The van der Waals surface area contributed by atoms with Gasteiger partial charge in [-0.3, -0.25) is 9.67 Å². The number of H-pyrrole nitrogens is 1. The molecule has 154 valence electrons. The van der Waals surface area contributed by atoms with Crippen LogP contribution in [0.15, 0.2) is 47.7 Å². The molecule has 0 radical (unpaired) electrons. The number of hydrogen-bond donors (Lipinski definition) is 1. The van der Waals surface area contributed by atoms with Crippen LogP contribution >= 0.6 is 0 Å². The van der Waals surface area contributed by atoms with E-state index in [0.717, 1.165) is 30.6 Å². The zero-order chi connectivity index (χ0) is 19.9. The highest BCUT2D eigenvalue weighted by Gasteiger charge is 2.26. The molecule has 0 amide bonds. The molecule has 0 bridgehead atoms. The van der Waals surface area contributed by atoms with Crippen LogP contribution < -0.4 is 9.80 Å². The highest BCUT2D eigenvalue weighted by atomic mass is 15.3. The van der Waals surface area contributed by atoms with E-state index in [2.05, 4.69) is 59.9 Å². The number of anilines is 2. The fraction of sp³-hybridized carbons (Fsp3) is 0.435. The first-order valence-corrected chi connectivity index (χ1v) is 11.1. The van der Waals surface area contributed by atoms with Crippen LogP contribution in [-0.2, 0) is 6.54 Å². The van der Waals surface area contributed by atoms with Crippen LogP contribution in [0.2, 0.25) is 0 Å². The third-order valence-electron chi connectivity index (χ3n) is 6.44. The summed E-state index contributed by atoms with van der Waals surface area (Å²) >= 11 is 0. The van der Waals surface area contributed by atoms with Gasteiger partial charge >= 0.3 is 0 Å². The van der Waals surface area contributed by atoms with Crippen molar-refractivity contribution in [2.75, 3.05) is 29.4 Å². The number of aromatic amines is 1. The molecule has 0 spiro atoms. The molecule has 0 unspecified atom stereocenters. The maximum absolute atomic E-state index is 4.88. The number of nitrogens with zero attached hydrogens (tertiary/aromatic N) is 6. The Morgan fingerprint density at radius 3 is 2.47 bits per heavy atom. The average molecular weight is 402 g/mol. The fourth-order valence-electron chi connectivity index (χ4n) is 4.58. The predicted octanol–water partition coefficient (Wildman–Crippen LogP) is 4.07. The summed E-state index contributed by atoms with van der Waals surface area (Å²) in [5.74, 6) is 3.38. The molecule has 2 aromatic heterocycles. The first-order chi connectivity index (χ1) is 14.8.